The van der Waals surface area contributed by atoms with Gasteiger partial charge in [-0.05, 0) is 19.3 Å². The van der Waals surface area contributed by atoms with E-state index in [0.29, 0.717) is 29.1 Å². The maximum absolute atomic E-state index is 12.3. The molecule has 33 heavy (non-hydrogen) atoms. The number of hydrogen-bond acceptors (Lipinski definition) is 9. The van der Waals surface area contributed by atoms with Gasteiger partial charge in [-0.25, -0.2) is 4.98 Å². The third kappa shape index (κ3) is 2.69. The van der Waals surface area contributed by atoms with Crippen molar-refractivity contribution in [3.63, 3.8) is 0 Å². The smallest absolute Gasteiger partial charge is 0.256 e. The second-order valence-corrected chi connectivity index (χ2v) is 8.69. The summed E-state index contributed by atoms with van der Waals surface area (Å²) in [6.07, 6.45) is 1.64. The van der Waals surface area contributed by atoms with Gasteiger partial charge in [0.25, 0.3) is 5.95 Å². The molecule has 2 saturated carbocycles. The van der Waals surface area contributed by atoms with E-state index in [4.69, 9.17) is 0 Å². The van der Waals surface area contributed by atoms with Crippen LogP contribution in [0.4, 0.5) is 5.82 Å². The van der Waals surface area contributed by atoms with Crippen LogP contribution in [0.5, 0.6) is 0 Å². The van der Waals surface area contributed by atoms with Crippen molar-refractivity contribution >= 4 is 22.8 Å². The predicted molar refractivity (Wildman–Crippen MR) is 117 cm³/mol. The van der Waals surface area contributed by atoms with Crippen molar-refractivity contribution in [2.24, 2.45) is 11.3 Å². The first-order chi connectivity index (χ1) is 16.0. The van der Waals surface area contributed by atoms with Crippen LogP contribution in [0.15, 0.2) is 42.9 Å². The number of carbonyl (C=O) groups is 1. The number of Topliss-reactive ketones (excluding diaryl/α,β-unsaturated/α-hetero) is 1. The normalized spacial score (nSPS) is 28.1. The number of hydrogen-bond donors (Lipinski definition) is 3. The first-order valence-electron chi connectivity index (χ1n) is 10.7. The van der Waals surface area contributed by atoms with Crippen LogP contribution in [-0.4, -0.2) is 69.8 Å². The van der Waals surface area contributed by atoms with Gasteiger partial charge < -0.3 is 20.1 Å². The number of aliphatic hydroxyl groups is 2. The summed E-state index contributed by atoms with van der Waals surface area (Å²) in [5, 5.41) is 32.9. The molecular weight excluding hydrogens is 424 g/mol. The van der Waals surface area contributed by atoms with E-state index in [0.717, 1.165) is 5.56 Å². The Morgan fingerprint density at radius 1 is 1.21 bits per heavy atom. The van der Waals surface area contributed by atoms with Crippen molar-refractivity contribution in [3.8, 4) is 17.2 Å². The van der Waals surface area contributed by atoms with Crippen molar-refractivity contribution in [1.29, 1.82) is 0 Å². The maximum atomic E-state index is 12.3. The largest absolute Gasteiger partial charge is 0.389 e. The fraction of sp³-hybridized carbons (Fsp3) is 0.364. The zero-order valence-corrected chi connectivity index (χ0v) is 18.0. The number of aliphatic hydroxyl groups excluding tert-OH is 2. The number of nitrogens with zero attached hydrogens (tertiary/aromatic N) is 7. The van der Waals surface area contributed by atoms with Crippen LogP contribution in [0.25, 0.3) is 28.4 Å². The van der Waals surface area contributed by atoms with Gasteiger partial charge >= 0.3 is 0 Å². The summed E-state index contributed by atoms with van der Waals surface area (Å²) in [4.78, 5) is 25.9. The van der Waals surface area contributed by atoms with Gasteiger partial charge in [0.1, 0.15) is 17.6 Å². The third-order valence-electron chi connectivity index (χ3n) is 7.06. The minimum Gasteiger partial charge on any atom is -0.389 e. The second kappa shape index (κ2) is 6.90. The Bertz CT molecular complexity index is 1380. The lowest BCUT2D eigenvalue weighted by atomic mass is 9.95. The molecule has 11 heteroatoms. The van der Waals surface area contributed by atoms with Crippen LogP contribution in [0, 0.1) is 11.3 Å². The van der Waals surface area contributed by atoms with E-state index in [-0.39, 0.29) is 17.6 Å². The molecule has 5 atom stereocenters. The topological polar surface area (TPSA) is 144 Å². The van der Waals surface area contributed by atoms with E-state index in [1.54, 1.807) is 24.1 Å². The molecule has 0 amide bonds. The summed E-state index contributed by atoms with van der Waals surface area (Å²) >= 11 is 0. The van der Waals surface area contributed by atoms with E-state index in [1.807, 2.05) is 30.3 Å². The van der Waals surface area contributed by atoms with Gasteiger partial charge in [0.05, 0.1) is 30.1 Å². The molecule has 2 aliphatic rings. The molecule has 3 aromatic heterocycles. The van der Waals surface area contributed by atoms with Gasteiger partial charge in [-0.1, -0.05) is 35.5 Å². The molecule has 2 fully saturated rings. The Hall–Kier alpha value is -3.70. The minimum absolute atomic E-state index is 0.103. The molecule has 11 nitrogen and oxygen atoms in total. The molecule has 0 saturated heterocycles. The number of anilines is 1. The maximum Gasteiger partial charge on any atom is 0.256 e. The van der Waals surface area contributed by atoms with Crippen LogP contribution in [-0.2, 0) is 4.79 Å². The number of rotatable bonds is 5. The van der Waals surface area contributed by atoms with Crippen molar-refractivity contribution in [1.82, 2.24) is 34.5 Å². The second-order valence-electron chi connectivity index (χ2n) is 8.69. The zero-order valence-electron chi connectivity index (χ0n) is 18.0. The Kier molecular flexibility index (Phi) is 4.17. The molecular formula is C22H22N8O3. The standard InChI is InChI=1S/C22H22N8O3/c1-11(31)22-8-13(22)16(17(32)18(22)33)29-10-24-15-19(23-2)25-21(26-20(15)29)30-9-14(27-28-30)12-6-4-3-5-7-12/h3-7,9-10,13,16-18,32-33H,8H2,1-2H3,(H,23,25,26)/t13?,16-,17+,18?,22+/m1/s1. The lowest BCUT2D eigenvalue weighted by molar-refractivity contribution is -0.128. The summed E-state index contributed by atoms with van der Waals surface area (Å²) in [6.45, 7) is 1.47. The van der Waals surface area contributed by atoms with Crippen LogP contribution < -0.4 is 5.32 Å². The van der Waals surface area contributed by atoms with E-state index < -0.39 is 23.7 Å². The number of ketones is 1. The summed E-state index contributed by atoms with van der Waals surface area (Å²) < 4.78 is 3.23. The van der Waals surface area contributed by atoms with Gasteiger partial charge in [-0.15, -0.1) is 5.10 Å². The molecule has 0 radical (unpaired) electrons. The highest BCUT2D eigenvalue weighted by atomic mass is 16.3. The molecule has 0 aliphatic heterocycles. The molecule has 2 aliphatic carbocycles. The molecule has 168 valence electrons. The lowest BCUT2D eigenvalue weighted by Crippen LogP contribution is -2.36. The summed E-state index contributed by atoms with van der Waals surface area (Å²) in [7, 11) is 1.73. The monoisotopic (exact) mass is 446 g/mol. The molecule has 6 rings (SSSR count). The summed E-state index contributed by atoms with van der Waals surface area (Å²) in [6, 6.07) is 9.15. The molecule has 3 N–H and O–H groups in total. The highest BCUT2D eigenvalue weighted by Crippen LogP contribution is 2.68. The van der Waals surface area contributed by atoms with Gasteiger partial charge in [-0.3, -0.25) is 4.79 Å². The molecule has 3 heterocycles. The van der Waals surface area contributed by atoms with Gasteiger partial charge in [0.2, 0.25) is 0 Å². The number of aromatic nitrogens is 7. The summed E-state index contributed by atoms with van der Waals surface area (Å²) in [5.74, 6) is 0.496. The minimum atomic E-state index is -1.11. The Morgan fingerprint density at radius 2 is 2.00 bits per heavy atom. The first-order valence-corrected chi connectivity index (χ1v) is 10.7. The van der Waals surface area contributed by atoms with E-state index in [2.05, 4.69) is 30.6 Å². The predicted octanol–water partition coefficient (Wildman–Crippen LogP) is 0.987. The number of carbonyl (C=O) groups excluding carboxylic acids is 1. The van der Waals surface area contributed by atoms with Crippen molar-refractivity contribution < 1.29 is 15.0 Å². The fourth-order valence-corrected chi connectivity index (χ4v) is 5.27. The molecule has 0 bridgehead atoms. The van der Waals surface area contributed by atoms with Crippen molar-refractivity contribution in [2.45, 2.75) is 31.6 Å². The average molecular weight is 446 g/mol. The molecule has 4 aromatic rings. The molecule has 2 unspecified atom stereocenters. The number of benzene rings is 1. The summed E-state index contributed by atoms with van der Waals surface area (Å²) in [5.41, 5.74) is 1.70. The number of imidazole rings is 1. The Balaban J connectivity index is 1.45. The Morgan fingerprint density at radius 3 is 2.70 bits per heavy atom. The van der Waals surface area contributed by atoms with Gasteiger partial charge in [-0.2, -0.15) is 14.6 Å². The van der Waals surface area contributed by atoms with E-state index >= 15 is 0 Å². The van der Waals surface area contributed by atoms with Crippen LogP contribution >= 0.6 is 0 Å². The van der Waals surface area contributed by atoms with Crippen molar-refractivity contribution in [3.05, 3.63) is 42.9 Å². The van der Waals surface area contributed by atoms with E-state index in [1.165, 1.54) is 11.6 Å². The lowest BCUT2D eigenvalue weighted by Gasteiger charge is -2.23. The van der Waals surface area contributed by atoms with Crippen LogP contribution in [0.3, 0.4) is 0 Å². The third-order valence-corrected chi connectivity index (χ3v) is 7.06. The highest BCUT2D eigenvalue weighted by molar-refractivity contribution is 5.88. The SMILES string of the molecule is CNc1nc(-n2cc(-c3ccccc3)nn2)nc2c1ncn2[C@@H]1C2C[C@@]2(C(C)=O)C(O)[C@H]1O. The Labute approximate surface area is 188 Å². The number of nitrogens with one attached hydrogen (secondary N) is 1. The average Bonchev–Trinajstić information content (AvgIpc) is 3.10. The molecule has 0 spiro atoms. The van der Waals surface area contributed by atoms with Gasteiger partial charge in [0, 0.05) is 12.6 Å². The van der Waals surface area contributed by atoms with Gasteiger partial charge in [0.15, 0.2) is 17.0 Å². The first kappa shape index (κ1) is 19.9. The number of fused-ring (bicyclic) bond motifs is 2. The van der Waals surface area contributed by atoms with E-state index in [9.17, 15) is 15.0 Å². The highest BCUT2D eigenvalue weighted by Gasteiger charge is 2.74. The fourth-order valence-electron chi connectivity index (χ4n) is 5.27. The zero-order chi connectivity index (χ0) is 22.9. The quantitative estimate of drug-likeness (QED) is 0.409. The van der Waals surface area contributed by atoms with Crippen LogP contribution in [0.1, 0.15) is 19.4 Å². The molecule has 1 aromatic carbocycles. The van der Waals surface area contributed by atoms with Crippen LogP contribution in [0.2, 0.25) is 0 Å². The van der Waals surface area contributed by atoms with Crippen molar-refractivity contribution in [2.75, 3.05) is 12.4 Å².